The van der Waals surface area contributed by atoms with Crippen LogP contribution >= 0.6 is 0 Å². The number of aliphatic hydroxyl groups is 1. The maximum Gasteiger partial charge on any atom is 0.151 e. The number of hydrogen-bond acceptors (Lipinski definition) is 4. The summed E-state index contributed by atoms with van der Waals surface area (Å²) >= 11 is 0. The molecule has 4 rings (SSSR count). The van der Waals surface area contributed by atoms with Gasteiger partial charge in [0.1, 0.15) is 6.10 Å². The van der Waals surface area contributed by atoms with Gasteiger partial charge in [0, 0.05) is 6.61 Å². The number of fused-ring (bicyclic) bond motifs is 2. The fraction of sp³-hybridized carbons (Fsp3) is 0.455. The Bertz CT molecular complexity index is 702. The maximum absolute atomic E-state index is 11.1. The summed E-state index contributed by atoms with van der Waals surface area (Å²) in [7, 11) is 0. The van der Waals surface area contributed by atoms with Crippen LogP contribution in [0.15, 0.2) is 48.5 Å². The van der Waals surface area contributed by atoms with Crippen molar-refractivity contribution in [3.8, 4) is 11.5 Å². The Morgan fingerprint density at radius 1 is 1.04 bits per heavy atom. The lowest BCUT2D eigenvalue weighted by Gasteiger charge is -2.44. The SMILES string of the molecule is CCCCO[C@@H]1CCC[C@@H](N2c3ccccc3Oc3ccccc32)[C@@H]1O. The molecular weight excluding hydrogens is 326 g/mol. The molecule has 138 valence electrons. The summed E-state index contributed by atoms with van der Waals surface area (Å²) < 4.78 is 12.1. The van der Waals surface area contributed by atoms with Crippen LogP contribution < -0.4 is 9.64 Å². The molecule has 1 heterocycles. The molecule has 0 amide bonds. The molecule has 1 aliphatic carbocycles. The fourth-order valence-corrected chi connectivity index (χ4v) is 4.05. The first-order valence-electron chi connectivity index (χ1n) is 9.74. The number of anilines is 2. The summed E-state index contributed by atoms with van der Waals surface area (Å²) in [5.74, 6) is 1.68. The van der Waals surface area contributed by atoms with Gasteiger partial charge in [0.05, 0.1) is 23.5 Å². The van der Waals surface area contributed by atoms with Gasteiger partial charge in [-0.05, 0) is 49.9 Å². The van der Waals surface area contributed by atoms with E-state index in [1.165, 1.54) is 0 Å². The number of rotatable bonds is 5. The molecule has 3 atom stereocenters. The Morgan fingerprint density at radius 3 is 2.35 bits per heavy atom. The van der Waals surface area contributed by atoms with Crippen LogP contribution in [-0.2, 0) is 4.74 Å². The molecule has 4 nitrogen and oxygen atoms in total. The number of benzene rings is 2. The molecule has 1 saturated carbocycles. The van der Waals surface area contributed by atoms with Crippen LogP contribution in [0, 0.1) is 0 Å². The molecule has 2 aromatic rings. The van der Waals surface area contributed by atoms with Crippen molar-refractivity contribution in [2.45, 2.75) is 57.3 Å². The normalized spacial score (nSPS) is 24.5. The Morgan fingerprint density at radius 2 is 1.69 bits per heavy atom. The number of para-hydroxylation sites is 4. The predicted octanol–water partition coefficient (Wildman–Crippen LogP) is 5.03. The third-order valence-corrected chi connectivity index (χ3v) is 5.39. The second kappa shape index (κ2) is 7.68. The van der Waals surface area contributed by atoms with Crippen molar-refractivity contribution < 1.29 is 14.6 Å². The monoisotopic (exact) mass is 353 g/mol. The van der Waals surface area contributed by atoms with Gasteiger partial charge in [-0.15, -0.1) is 0 Å². The van der Waals surface area contributed by atoms with E-state index < -0.39 is 6.10 Å². The molecule has 2 aliphatic rings. The van der Waals surface area contributed by atoms with Gasteiger partial charge in [0.15, 0.2) is 11.5 Å². The van der Waals surface area contributed by atoms with Crippen LogP contribution in [-0.4, -0.2) is 30.0 Å². The van der Waals surface area contributed by atoms with Crippen molar-refractivity contribution >= 4 is 11.4 Å². The van der Waals surface area contributed by atoms with Crippen LogP contribution in [0.1, 0.15) is 39.0 Å². The Balaban J connectivity index is 1.66. The van der Waals surface area contributed by atoms with Gasteiger partial charge in [-0.2, -0.15) is 0 Å². The molecule has 4 heteroatoms. The van der Waals surface area contributed by atoms with Gasteiger partial charge in [-0.25, -0.2) is 0 Å². The Hall–Kier alpha value is -2.04. The molecule has 1 N–H and O–H groups in total. The van der Waals surface area contributed by atoms with Crippen molar-refractivity contribution in [2.75, 3.05) is 11.5 Å². The standard InChI is InChI=1S/C22H27NO3/c1-2-3-15-25-21-14-8-11-18(22(21)24)23-16-9-4-6-12-19(16)26-20-13-7-5-10-17(20)23/h4-7,9-10,12-13,18,21-22,24H,2-3,8,11,14-15H2,1H3/t18-,21-,22+/m1/s1. The number of unbranched alkanes of at least 4 members (excludes halogenated alkanes) is 1. The highest BCUT2D eigenvalue weighted by Gasteiger charge is 2.39. The lowest BCUT2D eigenvalue weighted by atomic mass is 9.87. The molecule has 2 aromatic carbocycles. The zero-order valence-corrected chi connectivity index (χ0v) is 15.3. The van der Waals surface area contributed by atoms with Crippen LogP contribution in [0.25, 0.3) is 0 Å². The van der Waals surface area contributed by atoms with Crippen molar-refractivity contribution in [2.24, 2.45) is 0 Å². The second-order valence-electron chi connectivity index (χ2n) is 7.16. The van der Waals surface area contributed by atoms with Gasteiger partial charge < -0.3 is 19.5 Å². The summed E-state index contributed by atoms with van der Waals surface area (Å²) in [5.41, 5.74) is 2.04. The number of nitrogens with zero attached hydrogens (tertiary/aromatic N) is 1. The molecule has 1 fully saturated rings. The first-order chi connectivity index (χ1) is 12.8. The van der Waals surface area contributed by atoms with Crippen LogP contribution in [0.5, 0.6) is 11.5 Å². The summed E-state index contributed by atoms with van der Waals surface area (Å²) in [6.07, 6.45) is 4.46. The summed E-state index contributed by atoms with van der Waals surface area (Å²) in [6, 6.07) is 16.1. The summed E-state index contributed by atoms with van der Waals surface area (Å²) in [6.45, 7) is 2.88. The minimum absolute atomic E-state index is 0.0124. The largest absolute Gasteiger partial charge is 0.453 e. The van der Waals surface area contributed by atoms with Crippen molar-refractivity contribution in [3.05, 3.63) is 48.5 Å². The van der Waals surface area contributed by atoms with E-state index in [4.69, 9.17) is 9.47 Å². The molecule has 26 heavy (non-hydrogen) atoms. The van der Waals surface area contributed by atoms with E-state index in [9.17, 15) is 5.11 Å². The quantitative estimate of drug-likeness (QED) is 0.766. The van der Waals surface area contributed by atoms with E-state index in [-0.39, 0.29) is 12.1 Å². The molecule has 1 aliphatic heterocycles. The third-order valence-electron chi connectivity index (χ3n) is 5.39. The van der Waals surface area contributed by atoms with Gasteiger partial charge in [-0.3, -0.25) is 0 Å². The highest BCUT2D eigenvalue weighted by molar-refractivity contribution is 5.78. The van der Waals surface area contributed by atoms with Gasteiger partial charge >= 0.3 is 0 Å². The predicted molar refractivity (Wildman–Crippen MR) is 103 cm³/mol. The minimum Gasteiger partial charge on any atom is -0.453 e. The third kappa shape index (κ3) is 3.19. The highest BCUT2D eigenvalue weighted by Crippen LogP contribution is 2.49. The van der Waals surface area contributed by atoms with E-state index in [1.54, 1.807) is 0 Å². The van der Waals surface area contributed by atoms with Crippen LogP contribution in [0.2, 0.25) is 0 Å². The number of ether oxygens (including phenoxy) is 2. The van der Waals surface area contributed by atoms with Crippen LogP contribution in [0.4, 0.5) is 11.4 Å². The summed E-state index contributed by atoms with van der Waals surface area (Å²) in [4.78, 5) is 2.26. The average molecular weight is 353 g/mol. The molecule has 0 bridgehead atoms. The van der Waals surface area contributed by atoms with E-state index >= 15 is 0 Å². The smallest absolute Gasteiger partial charge is 0.151 e. The molecule has 0 spiro atoms. The van der Waals surface area contributed by atoms with Crippen molar-refractivity contribution in [1.29, 1.82) is 0 Å². The minimum atomic E-state index is -0.514. The molecule has 0 aromatic heterocycles. The first-order valence-corrected chi connectivity index (χ1v) is 9.74. The van der Waals surface area contributed by atoms with Crippen molar-refractivity contribution in [3.63, 3.8) is 0 Å². The Kier molecular flexibility index (Phi) is 5.14. The number of hydrogen-bond donors (Lipinski definition) is 1. The zero-order chi connectivity index (χ0) is 17.9. The Labute approximate surface area is 155 Å². The molecule has 0 unspecified atom stereocenters. The van der Waals surface area contributed by atoms with Gasteiger partial charge in [0.2, 0.25) is 0 Å². The van der Waals surface area contributed by atoms with E-state index in [0.717, 1.165) is 61.6 Å². The lowest BCUT2D eigenvalue weighted by Crippen LogP contribution is -2.51. The highest BCUT2D eigenvalue weighted by atomic mass is 16.5. The fourth-order valence-electron chi connectivity index (χ4n) is 4.05. The van der Waals surface area contributed by atoms with E-state index in [2.05, 4.69) is 24.0 Å². The van der Waals surface area contributed by atoms with Gasteiger partial charge in [0.25, 0.3) is 0 Å². The zero-order valence-electron chi connectivity index (χ0n) is 15.3. The molecule has 0 radical (unpaired) electrons. The topological polar surface area (TPSA) is 41.9 Å². The summed E-state index contributed by atoms with van der Waals surface area (Å²) in [5, 5.41) is 11.1. The molecule has 0 saturated heterocycles. The van der Waals surface area contributed by atoms with Crippen LogP contribution in [0.3, 0.4) is 0 Å². The van der Waals surface area contributed by atoms with Gasteiger partial charge in [-0.1, -0.05) is 37.6 Å². The maximum atomic E-state index is 11.1. The lowest BCUT2D eigenvalue weighted by molar-refractivity contribution is -0.0673. The number of aliphatic hydroxyl groups excluding tert-OH is 1. The van der Waals surface area contributed by atoms with E-state index in [1.807, 2.05) is 36.4 Å². The van der Waals surface area contributed by atoms with Crippen molar-refractivity contribution in [1.82, 2.24) is 0 Å². The molecular formula is C22H27NO3. The van der Waals surface area contributed by atoms with E-state index in [0.29, 0.717) is 0 Å². The second-order valence-corrected chi connectivity index (χ2v) is 7.16. The first kappa shape index (κ1) is 17.4. The average Bonchev–Trinajstić information content (AvgIpc) is 2.68.